The lowest BCUT2D eigenvalue weighted by molar-refractivity contribution is -0.129. The maximum Gasteiger partial charge on any atom is 0.337 e. The lowest BCUT2D eigenvalue weighted by Crippen LogP contribution is -2.07. The number of benzene rings is 2. The van der Waals surface area contributed by atoms with Crippen molar-refractivity contribution in [1.29, 1.82) is 0 Å². The molecule has 0 aromatic heterocycles. The van der Waals surface area contributed by atoms with Gasteiger partial charge in [0.1, 0.15) is 0 Å². The number of halogens is 1. The zero-order valence-corrected chi connectivity index (χ0v) is 14.7. The summed E-state index contributed by atoms with van der Waals surface area (Å²) in [5.74, 6) is -0.581. The largest absolute Gasteiger partial charge is 0.493 e. The van der Waals surface area contributed by atoms with Crippen LogP contribution in [-0.2, 0) is 9.53 Å². The summed E-state index contributed by atoms with van der Waals surface area (Å²) in [7, 11) is 2.71. The van der Waals surface area contributed by atoms with Crippen LogP contribution < -0.4 is 9.47 Å². The minimum Gasteiger partial charge on any atom is -0.493 e. The molecule has 0 N–H and O–H groups in total. The van der Waals surface area contributed by atoms with Crippen molar-refractivity contribution in [3.63, 3.8) is 0 Å². The van der Waals surface area contributed by atoms with E-state index in [2.05, 4.69) is 20.7 Å². The highest BCUT2D eigenvalue weighted by molar-refractivity contribution is 9.10. The Morgan fingerprint density at radius 1 is 1.04 bits per heavy atom. The van der Waals surface area contributed by atoms with Gasteiger partial charge >= 0.3 is 11.9 Å². The first-order chi connectivity index (χ1) is 11.5. The fourth-order valence-electron chi connectivity index (χ4n) is 1.91. The third-order valence-electron chi connectivity index (χ3n) is 3.10. The van der Waals surface area contributed by atoms with Gasteiger partial charge in [-0.2, -0.15) is 0 Å². The summed E-state index contributed by atoms with van der Waals surface area (Å²) >= 11 is 3.40. The molecule has 0 aliphatic rings. The maximum absolute atomic E-state index is 12.0. The molecule has 0 radical (unpaired) electrons. The van der Waals surface area contributed by atoms with Gasteiger partial charge in [-0.05, 0) is 35.9 Å². The van der Waals surface area contributed by atoms with Crippen molar-refractivity contribution in [2.45, 2.75) is 0 Å². The van der Waals surface area contributed by atoms with Crippen molar-refractivity contribution in [3.8, 4) is 11.5 Å². The summed E-state index contributed by atoms with van der Waals surface area (Å²) in [5.41, 5.74) is 1.15. The van der Waals surface area contributed by atoms with E-state index in [1.807, 2.05) is 24.3 Å². The van der Waals surface area contributed by atoms with Gasteiger partial charge in [-0.1, -0.05) is 34.1 Å². The standard InChI is InChI=1S/C18H15BrO5/c1-22-16-11-13(18(21)23-2)7-9-15(16)24-17(20)10-8-12-5-3-4-6-14(12)19/h3-11H,1-2H3. The molecule has 0 spiro atoms. The van der Waals surface area contributed by atoms with Crippen LogP contribution in [-0.4, -0.2) is 26.2 Å². The molecule has 0 amide bonds. The number of carbonyl (C=O) groups excluding carboxylic acids is 2. The number of ether oxygens (including phenoxy) is 3. The lowest BCUT2D eigenvalue weighted by Gasteiger charge is -2.09. The van der Waals surface area contributed by atoms with Gasteiger partial charge in [0.2, 0.25) is 0 Å². The molecule has 0 unspecified atom stereocenters. The van der Waals surface area contributed by atoms with Crippen LogP contribution in [0.1, 0.15) is 15.9 Å². The molecule has 0 saturated heterocycles. The van der Waals surface area contributed by atoms with E-state index >= 15 is 0 Å². The number of hydrogen-bond donors (Lipinski definition) is 0. The van der Waals surface area contributed by atoms with E-state index in [9.17, 15) is 9.59 Å². The predicted octanol–water partition coefficient (Wildman–Crippen LogP) is 3.86. The molecule has 2 aromatic rings. The SMILES string of the molecule is COC(=O)c1ccc(OC(=O)C=Cc2ccccc2Br)c(OC)c1. The molecular weight excluding hydrogens is 376 g/mol. The van der Waals surface area contributed by atoms with E-state index in [4.69, 9.17) is 9.47 Å². The molecule has 0 fully saturated rings. The number of carbonyl (C=O) groups is 2. The Bertz CT molecular complexity index is 783. The molecule has 0 aliphatic carbocycles. The average molecular weight is 391 g/mol. The molecule has 2 aromatic carbocycles. The number of methoxy groups -OCH3 is 2. The van der Waals surface area contributed by atoms with Crippen molar-refractivity contribution < 1.29 is 23.8 Å². The van der Waals surface area contributed by atoms with Gasteiger partial charge in [-0.3, -0.25) is 0 Å². The second-order valence-corrected chi connectivity index (χ2v) is 5.49. The zero-order chi connectivity index (χ0) is 17.5. The second kappa shape index (κ2) is 8.31. The third kappa shape index (κ3) is 4.45. The topological polar surface area (TPSA) is 61.8 Å². The van der Waals surface area contributed by atoms with E-state index in [0.29, 0.717) is 5.56 Å². The molecule has 5 nitrogen and oxygen atoms in total. The van der Waals surface area contributed by atoms with Gasteiger partial charge < -0.3 is 14.2 Å². The Morgan fingerprint density at radius 3 is 2.46 bits per heavy atom. The van der Waals surface area contributed by atoms with Crippen LogP contribution >= 0.6 is 15.9 Å². The van der Waals surface area contributed by atoms with E-state index in [0.717, 1.165) is 10.0 Å². The summed E-state index contributed by atoms with van der Waals surface area (Å²) in [5, 5.41) is 0. The fraction of sp³-hybridized carbons (Fsp3) is 0.111. The highest BCUT2D eigenvalue weighted by atomic mass is 79.9. The quantitative estimate of drug-likeness (QED) is 0.440. The molecule has 124 valence electrons. The van der Waals surface area contributed by atoms with Crippen LogP contribution in [0.3, 0.4) is 0 Å². The summed E-state index contributed by atoms with van der Waals surface area (Å²) in [6.45, 7) is 0. The normalized spacial score (nSPS) is 10.5. The van der Waals surface area contributed by atoms with Gasteiger partial charge in [0.25, 0.3) is 0 Å². The summed E-state index contributed by atoms with van der Waals surface area (Å²) in [6, 6.07) is 11.9. The van der Waals surface area contributed by atoms with Crippen molar-refractivity contribution in [2.24, 2.45) is 0 Å². The van der Waals surface area contributed by atoms with Crippen LogP contribution in [0.25, 0.3) is 6.08 Å². The molecule has 0 atom stereocenters. The Balaban J connectivity index is 2.14. The number of rotatable bonds is 5. The van der Waals surface area contributed by atoms with Gasteiger partial charge in [0, 0.05) is 10.5 Å². The smallest absolute Gasteiger partial charge is 0.337 e. The minimum atomic E-state index is -0.560. The Kier molecular flexibility index (Phi) is 6.14. The fourth-order valence-corrected chi connectivity index (χ4v) is 2.32. The molecule has 24 heavy (non-hydrogen) atoms. The van der Waals surface area contributed by atoms with Crippen molar-refractivity contribution in [1.82, 2.24) is 0 Å². The Hall–Kier alpha value is -2.60. The maximum atomic E-state index is 12.0. The van der Waals surface area contributed by atoms with Crippen LogP contribution in [0, 0.1) is 0 Å². The van der Waals surface area contributed by atoms with Crippen LogP contribution in [0.15, 0.2) is 53.0 Å². The predicted molar refractivity (Wildman–Crippen MR) is 93.1 cm³/mol. The van der Waals surface area contributed by atoms with Gasteiger partial charge in [0.15, 0.2) is 11.5 Å². The number of hydrogen-bond acceptors (Lipinski definition) is 5. The summed E-state index contributed by atoms with van der Waals surface area (Å²) in [4.78, 5) is 23.5. The van der Waals surface area contributed by atoms with Crippen LogP contribution in [0.2, 0.25) is 0 Å². The molecule has 0 aliphatic heterocycles. The highest BCUT2D eigenvalue weighted by Gasteiger charge is 2.13. The molecule has 2 rings (SSSR count). The lowest BCUT2D eigenvalue weighted by atomic mass is 10.2. The molecule has 0 saturated carbocycles. The van der Waals surface area contributed by atoms with E-state index in [-0.39, 0.29) is 11.5 Å². The molecule has 0 heterocycles. The zero-order valence-electron chi connectivity index (χ0n) is 13.1. The highest BCUT2D eigenvalue weighted by Crippen LogP contribution is 2.28. The van der Waals surface area contributed by atoms with Crippen molar-refractivity contribution >= 4 is 33.9 Å². The summed E-state index contributed by atoms with van der Waals surface area (Å²) < 4.78 is 15.9. The van der Waals surface area contributed by atoms with E-state index in [1.54, 1.807) is 6.08 Å². The first kappa shape index (κ1) is 17.7. The minimum absolute atomic E-state index is 0.215. The van der Waals surface area contributed by atoms with Crippen LogP contribution in [0.4, 0.5) is 0 Å². The van der Waals surface area contributed by atoms with E-state index < -0.39 is 11.9 Å². The van der Waals surface area contributed by atoms with Crippen molar-refractivity contribution in [3.05, 3.63) is 64.1 Å². The Labute approximate surface area is 148 Å². The first-order valence-corrected chi connectivity index (χ1v) is 7.75. The van der Waals surface area contributed by atoms with E-state index in [1.165, 1.54) is 38.5 Å². The van der Waals surface area contributed by atoms with Crippen molar-refractivity contribution in [2.75, 3.05) is 14.2 Å². The second-order valence-electron chi connectivity index (χ2n) is 4.63. The third-order valence-corrected chi connectivity index (χ3v) is 3.82. The molecule has 6 heteroatoms. The monoisotopic (exact) mass is 390 g/mol. The average Bonchev–Trinajstić information content (AvgIpc) is 2.60. The molecular formula is C18H15BrO5. The first-order valence-electron chi connectivity index (χ1n) is 6.96. The van der Waals surface area contributed by atoms with Crippen LogP contribution in [0.5, 0.6) is 11.5 Å². The van der Waals surface area contributed by atoms with Gasteiger partial charge in [-0.15, -0.1) is 0 Å². The summed E-state index contributed by atoms with van der Waals surface area (Å²) in [6.07, 6.45) is 2.95. The molecule has 0 bridgehead atoms. The van der Waals surface area contributed by atoms with Gasteiger partial charge in [-0.25, -0.2) is 9.59 Å². The number of esters is 2. The Morgan fingerprint density at radius 2 is 1.79 bits per heavy atom. The van der Waals surface area contributed by atoms with Gasteiger partial charge in [0.05, 0.1) is 19.8 Å².